The van der Waals surface area contributed by atoms with Crippen LogP contribution in [0.5, 0.6) is 5.75 Å². The Morgan fingerprint density at radius 3 is 2.00 bits per heavy atom. The van der Waals surface area contributed by atoms with E-state index in [1.807, 2.05) is 0 Å². The number of hydrogen-bond acceptors (Lipinski definition) is 1. The maximum absolute atomic E-state index is 14.0. The van der Waals surface area contributed by atoms with Crippen molar-refractivity contribution in [3.63, 3.8) is 0 Å². The molecule has 0 aliphatic heterocycles. The zero-order valence-electron chi connectivity index (χ0n) is 15.5. The van der Waals surface area contributed by atoms with Crippen molar-refractivity contribution in [2.75, 3.05) is 0 Å². The van der Waals surface area contributed by atoms with Crippen LogP contribution in [0, 0.1) is 23.5 Å². The molecule has 1 aromatic carbocycles. The highest BCUT2D eigenvalue weighted by Gasteiger charge is 2.34. The van der Waals surface area contributed by atoms with E-state index < -0.39 is 41.7 Å². The number of alkyl halides is 5. The summed E-state index contributed by atoms with van der Waals surface area (Å²) in [5, 5.41) is 0. The van der Waals surface area contributed by atoms with Crippen molar-refractivity contribution >= 4 is 6.08 Å². The van der Waals surface area contributed by atoms with Gasteiger partial charge in [-0.25, -0.2) is 8.78 Å². The summed E-state index contributed by atoms with van der Waals surface area (Å²) in [6.45, 7) is 2.11. The van der Waals surface area contributed by atoms with Crippen LogP contribution in [0.2, 0.25) is 0 Å². The molecule has 0 atom stereocenters. The van der Waals surface area contributed by atoms with E-state index in [0.717, 1.165) is 32.1 Å². The molecule has 1 nitrogen and oxygen atoms in total. The normalized spacial score (nSPS) is 21.3. The zero-order valence-corrected chi connectivity index (χ0v) is 15.5. The van der Waals surface area contributed by atoms with Gasteiger partial charge in [0.2, 0.25) is 0 Å². The fourth-order valence-electron chi connectivity index (χ4n) is 3.48. The Bertz CT molecular complexity index is 651. The highest BCUT2D eigenvalue weighted by atomic mass is 19.4. The van der Waals surface area contributed by atoms with Gasteiger partial charge in [0.15, 0.2) is 0 Å². The van der Waals surface area contributed by atoms with Gasteiger partial charge >= 0.3 is 12.3 Å². The molecule has 1 aliphatic rings. The van der Waals surface area contributed by atoms with Crippen LogP contribution in [0.25, 0.3) is 6.08 Å². The standard InChI is InChI=1S/C20H23F7O/c1-2-13-3-5-14(6-4-13)7-10-20(26,27)28-15-11-17(21)16(18(22)12-15)8-9-19(23,24)25/h8-9,11-14H,2-7,10H2,1H3/b9-8+. The van der Waals surface area contributed by atoms with E-state index in [1.165, 1.54) is 0 Å². The van der Waals surface area contributed by atoms with Crippen molar-refractivity contribution < 1.29 is 35.5 Å². The van der Waals surface area contributed by atoms with Crippen molar-refractivity contribution in [3.05, 3.63) is 35.4 Å². The van der Waals surface area contributed by atoms with Crippen LogP contribution in [0.3, 0.4) is 0 Å². The fraction of sp³-hybridized carbons (Fsp3) is 0.600. The molecule has 0 amide bonds. The van der Waals surface area contributed by atoms with Gasteiger partial charge in [-0.05, 0) is 24.3 Å². The summed E-state index contributed by atoms with van der Waals surface area (Å²) in [6, 6.07) is 0.916. The van der Waals surface area contributed by atoms with Crippen LogP contribution in [-0.4, -0.2) is 12.3 Å². The molecule has 158 valence electrons. The van der Waals surface area contributed by atoms with Crippen molar-refractivity contribution in [2.45, 2.75) is 64.2 Å². The first-order valence-corrected chi connectivity index (χ1v) is 9.31. The minimum absolute atomic E-state index is 0.167. The third-order valence-corrected chi connectivity index (χ3v) is 5.15. The average molecular weight is 412 g/mol. The number of rotatable bonds is 7. The summed E-state index contributed by atoms with van der Waals surface area (Å²) < 4.78 is 96.6. The first-order valence-electron chi connectivity index (χ1n) is 9.31. The smallest absolute Gasteiger partial charge is 0.409 e. The lowest BCUT2D eigenvalue weighted by atomic mass is 9.79. The number of hydrogen-bond donors (Lipinski definition) is 0. The molecule has 0 unspecified atom stereocenters. The Labute approximate surface area is 159 Å². The highest BCUT2D eigenvalue weighted by Crippen LogP contribution is 2.36. The van der Waals surface area contributed by atoms with Crippen LogP contribution in [0.1, 0.15) is 57.4 Å². The first-order chi connectivity index (χ1) is 13.0. The lowest BCUT2D eigenvalue weighted by molar-refractivity contribution is -0.183. The SMILES string of the molecule is CCC1CCC(CCC(F)(F)Oc2cc(F)c(/C=C/C(F)(F)F)c(F)c2)CC1. The van der Waals surface area contributed by atoms with E-state index in [2.05, 4.69) is 11.7 Å². The summed E-state index contributed by atoms with van der Waals surface area (Å²) in [5.74, 6) is -2.78. The van der Waals surface area contributed by atoms with Crippen LogP contribution in [-0.2, 0) is 0 Å². The molecule has 1 fully saturated rings. The minimum atomic E-state index is -4.75. The van der Waals surface area contributed by atoms with E-state index in [-0.39, 0.29) is 24.5 Å². The molecule has 8 heteroatoms. The van der Waals surface area contributed by atoms with Gasteiger partial charge < -0.3 is 4.74 Å². The number of allylic oxidation sites excluding steroid dienone is 1. The monoisotopic (exact) mass is 412 g/mol. The largest absolute Gasteiger partial charge is 0.432 e. The molecule has 0 N–H and O–H groups in total. The van der Waals surface area contributed by atoms with Gasteiger partial charge in [-0.3, -0.25) is 0 Å². The molecule has 1 aliphatic carbocycles. The van der Waals surface area contributed by atoms with Crippen LogP contribution >= 0.6 is 0 Å². The predicted octanol–water partition coefficient (Wildman–Crippen LogP) is 7.51. The van der Waals surface area contributed by atoms with E-state index in [4.69, 9.17) is 0 Å². The fourth-order valence-corrected chi connectivity index (χ4v) is 3.48. The van der Waals surface area contributed by atoms with Gasteiger partial charge in [-0.15, -0.1) is 0 Å². The Kier molecular flexibility index (Phi) is 7.39. The second-order valence-electron chi connectivity index (χ2n) is 7.25. The maximum atomic E-state index is 14.0. The van der Waals surface area contributed by atoms with Gasteiger partial charge in [0, 0.05) is 23.8 Å². The molecule has 28 heavy (non-hydrogen) atoms. The molecule has 2 rings (SSSR count). The van der Waals surface area contributed by atoms with E-state index in [9.17, 15) is 30.7 Å². The predicted molar refractivity (Wildman–Crippen MR) is 92.0 cm³/mol. The Hall–Kier alpha value is -1.73. The molecule has 0 saturated heterocycles. The number of ether oxygens (including phenoxy) is 1. The third-order valence-electron chi connectivity index (χ3n) is 5.15. The molecule has 1 saturated carbocycles. The number of benzene rings is 1. The zero-order chi connectivity index (χ0) is 20.9. The molecule has 0 bridgehead atoms. The van der Waals surface area contributed by atoms with Crippen molar-refractivity contribution in [2.24, 2.45) is 11.8 Å². The quantitative estimate of drug-likeness (QED) is 0.421. The topological polar surface area (TPSA) is 9.23 Å². The lowest BCUT2D eigenvalue weighted by Gasteiger charge is -2.28. The van der Waals surface area contributed by atoms with Gasteiger partial charge in [0.25, 0.3) is 0 Å². The van der Waals surface area contributed by atoms with E-state index in [1.54, 1.807) is 0 Å². The average Bonchev–Trinajstić information content (AvgIpc) is 2.58. The number of halogens is 7. The molecule has 0 spiro atoms. The highest BCUT2D eigenvalue weighted by molar-refractivity contribution is 5.53. The molecule has 1 aromatic rings. The van der Waals surface area contributed by atoms with Gasteiger partial charge in [-0.1, -0.05) is 39.0 Å². The third kappa shape index (κ3) is 7.02. The van der Waals surface area contributed by atoms with E-state index >= 15 is 0 Å². The summed E-state index contributed by atoms with van der Waals surface area (Å²) in [5.41, 5.74) is -0.972. The van der Waals surface area contributed by atoms with E-state index in [0.29, 0.717) is 18.1 Å². The van der Waals surface area contributed by atoms with Crippen molar-refractivity contribution in [1.82, 2.24) is 0 Å². The minimum Gasteiger partial charge on any atom is -0.432 e. The summed E-state index contributed by atoms with van der Waals surface area (Å²) >= 11 is 0. The summed E-state index contributed by atoms with van der Waals surface area (Å²) in [6.07, 6.45) is -4.01. The molecule has 0 radical (unpaired) electrons. The Morgan fingerprint density at radius 2 is 1.50 bits per heavy atom. The second-order valence-corrected chi connectivity index (χ2v) is 7.25. The van der Waals surface area contributed by atoms with Crippen LogP contribution < -0.4 is 4.74 Å². The second kappa shape index (κ2) is 9.18. The molecule has 0 aromatic heterocycles. The van der Waals surface area contributed by atoms with Gasteiger partial charge in [-0.2, -0.15) is 22.0 Å². The van der Waals surface area contributed by atoms with Gasteiger partial charge in [0.05, 0.1) is 6.42 Å². The molecular weight excluding hydrogens is 389 g/mol. The first kappa shape index (κ1) is 22.6. The van der Waals surface area contributed by atoms with Crippen molar-refractivity contribution in [1.29, 1.82) is 0 Å². The van der Waals surface area contributed by atoms with Crippen LogP contribution in [0.15, 0.2) is 18.2 Å². The van der Waals surface area contributed by atoms with Gasteiger partial charge in [0.1, 0.15) is 17.4 Å². The summed E-state index contributed by atoms with van der Waals surface area (Å²) in [4.78, 5) is 0. The Morgan fingerprint density at radius 1 is 0.964 bits per heavy atom. The van der Waals surface area contributed by atoms with Crippen LogP contribution in [0.4, 0.5) is 30.7 Å². The summed E-state index contributed by atoms with van der Waals surface area (Å²) in [7, 11) is 0. The lowest BCUT2D eigenvalue weighted by Crippen LogP contribution is -2.26. The maximum Gasteiger partial charge on any atom is 0.409 e. The van der Waals surface area contributed by atoms with Crippen molar-refractivity contribution in [3.8, 4) is 5.75 Å². The molecular formula is C20H23F7O. The molecule has 0 heterocycles. The Balaban J connectivity index is 1.97.